The zero-order valence-corrected chi connectivity index (χ0v) is 34.6. The smallest absolute Gasteiger partial charge is 0.330 e. The molecule has 1 N–H and O–H groups in total. The monoisotopic (exact) mass is 774 g/mol. The van der Waals surface area contributed by atoms with Gasteiger partial charge in [0.15, 0.2) is 5.25 Å². The molecule has 54 heavy (non-hydrogen) atoms. The van der Waals surface area contributed by atoms with E-state index in [1.165, 1.54) is 117 Å². The molecule has 0 bridgehead atoms. The van der Waals surface area contributed by atoms with Gasteiger partial charge >= 0.3 is 11.9 Å². The van der Waals surface area contributed by atoms with E-state index in [-0.39, 0.29) is 0 Å². The highest BCUT2D eigenvalue weighted by Gasteiger charge is 2.37. The van der Waals surface area contributed by atoms with Crippen LogP contribution in [-0.2, 0) is 42.0 Å². The van der Waals surface area contributed by atoms with E-state index in [0.29, 0.717) is 11.5 Å². The lowest BCUT2D eigenvalue weighted by Gasteiger charge is -2.21. The summed E-state index contributed by atoms with van der Waals surface area (Å²) < 4.78 is 56.6. The number of ether oxygens (including phenoxy) is 4. The Kier molecular flexibility index (Phi) is 24.7. The average Bonchev–Trinajstić information content (AvgIpc) is 3.12. The lowest BCUT2D eigenvalue weighted by atomic mass is 10.0. The van der Waals surface area contributed by atoms with Crippen LogP contribution in [-0.4, -0.2) is 42.7 Å². The van der Waals surface area contributed by atoms with E-state index in [1.54, 1.807) is 12.1 Å². The molecule has 0 spiro atoms. The van der Waals surface area contributed by atoms with Gasteiger partial charge in [0.05, 0.1) is 6.42 Å². The summed E-state index contributed by atoms with van der Waals surface area (Å²) in [4.78, 5) is 25.8. The molecule has 0 aliphatic rings. The second kappa shape index (κ2) is 28.3. The summed E-state index contributed by atoms with van der Waals surface area (Å²) >= 11 is 0. The van der Waals surface area contributed by atoms with E-state index < -0.39 is 46.3 Å². The van der Waals surface area contributed by atoms with Gasteiger partial charge < -0.3 is 18.9 Å². The van der Waals surface area contributed by atoms with Crippen molar-refractivity contribution < 1.29 is 41.5 Å². The van der Waals surface area contributed by atoms with Crippen LogP contribution in [0.5, 0.6) is 11.5 Å². The predicted octanol–water partition coefficient (Wildman–Crippen LogP) is 11.5. The first-order chi connectivity index (χ1) is 26.0. The van der Waals surface area contributed by atoms with Crippen LogP contribution in [0, 0.1) is 0 Å². The summed E-state index contributed by atoms with van der Waals surface area (Å²) in [7, 11) is -5.01. The Morgan fingerprint density at radius 2 is 0.907 bits per heavy atom. The molecule has 0 radical (unpaired) electrons. The molecule has 0 aliphatic carbocycles. The maximum Gasteiger partial charge on any atom is 0.330 e. The van der Waals surface area contributed by atoms with Gasteiger partial charge in [0.2, 0.25) is 12.6 Å². The Morgan fingerprint density at radius 3 is 1.30 bits per heavy atom. The maximum atomic E-state index is 13.0. The van der Waals surface area contributed by atoms with Crippen molar-refractivity contribution in [1.29, 1.82) is 0 Å². The van der Waals surface area contributed by atoms with E-state index in [2.05, 4.69) is 13.8 Å². The van der Waals surface area contributed by atoms with Crippen molar-refractivity contribution >= 4 is 22.1 Å². The maximum absolute atomic E-state index is 13.0. The first-order valence-electron chi connectivity index (χ1n) is 20.9. The molecule has 10 heteroatoms. The number of aryl methyl sites for hydroxylation is 2. The molecule has 0 fully saturated rings. The van der Waals surface area contributed by atoms with Gasteiger partial charge in [-0.3, -0.25) is 14.1 Å². The minimum atomic E-state index is -5.01. The van der Waals surface area contributed by atoms with Crippen molar-refractivity contribution in [2.24, 2.45) is 0 Å². The van der Waals surface area contributed by atoms with Gasteiger partial charge in [-0.2, -0.15) is 8.42 Å². The van der Waals surface area contributed by atoms with Crippen LogP contribution in [0.2, 0.25) is 0 Å². The molecule has 2 rings (SSSR count). The van der Waals surface area contributed by atoms with Gasteiger partial charge in [-0.15, -0.1) is 0 Å². The largest absolute Gasteiger partial charge is 0.455 e. The number of para-hydroxylation sites is 2. The third-order valence-electron chi connectivity index (χ3n) is 9.68. The summed E-state index contributed by atoms with van der Waals surface area (Å²) in [6, 6.07) is 15.0. The minimum Gasteiger partial charge on any atom is -0.455 e. The second-order valence-corrected chi connectivity index (χ2v) is 16.2. The molecule has 2 aromatic rings. The fourth-order valence-electron chi connectivity index (χ4n) is 6.60. The van der Waals surface area contributed by atoms with Crippen LogP contribution in [0.3, 0.4) is 0 Å². The summed E-state index contributed by atoms with van der Waals surface area (Å²) in [6.07, 6.45) is 23.1. The average molecular weight is 775 g/mol. The molecular formula is C44H70O9S. The molecular weight excluding hydrogens is 705 g/mol. The SMILES string of the molecule is CCCCCCCCCCCCc1ccccc1OC(C)OC(=O)CC(C(=O)OC(C)Oc1ccccc1CCCCCCCCCCCC)S(=O)(=O)O. The summed E-state index contributed by atoms with van der Waals surface area (Å²) in [5, 5.41) is -2.19. The van der Waals surface area contributed by atoms with E-state index in [9.17, 15) is 22.6 Å². The number of hydrogen-bond donors (Lipinski definition) is 1. The summed E-state index contributed by atoms with van der Waals surface area (Å²) in [5.41, 5.74) is 1.94. The van der Waals surface area contributed by atoms with Crippen LogP contribution < -0.4 is 9.47 Å². The second-order valence-electron chi connectivity index (χ2n) is 14.6. The molecule has 2 aromatic carbocycles. The Labute approximate surface area is 327 Å². The highest BCUT2D eigenvalue weighted by atomic mass is 32.2. The van der Waals surface area contributed by atoms with E-state index in [1.807, 2.05) is 36.4 Å². The molecule has 0 amide bonds. The van der Waals surface area contributed by atoms with Crippen molar-refractivity contribution in [3.8, 4) is 11.5 Å². The minimum absolute atomic E-state index is 0.524. The number of unbranched alkanes of at least 4 members (excludes halogenated alkanes) is 18. The summed E-state index contributed by atoms with van der Waals surface area (Å²) in [6.45, 7) is 7.43. The molecule has 0 aromatic heterocycles. The Morgan fingerprint density at radius 1 is 0.556 bits per heavy atom. The van der Waals surface area contributed by atoms with Gasteiger partial charge in [-0.1, -0.05) is 166 Å². The molecule has 306 valence electrons. The number of carbonyl (C=O) groups excluding carboxylic acids is 2. The van der Waals surface area contributed by atoms with E-state index in [4.69, 9.17) is 18.9 Å². The van der Waals surface area contributed by atoms with Gasteiger partial charge in [-0.25, -0.2) is 0 Å². The topological polar surface area (TPSA) is 125 Å². The first kappa shape index (κ1) is 47.0. The van der Waals surface area contributed by atoms with Gasteiger partial charge in [0.25, 0.3) is 10.1 Å². The molecule has 0 aliphatic heterocycles. The van der Waals surface area contributed by atoms with Crippen LogP contribution in [0.1, 0.15) is 174 Å². The highest BCUT2D eigenvalue weighted by Crippen LogP contribution is 2.25. The fourth-order valence-corrected chi connectivity index (χ4v) is 7.24. The van der Waals surface area contributed by atoms with Gasteiger partial charge in [0.1, 0.15) is 11.5 Å². The number of rotatable bonds is 32. The zero-order valence-electron chi connectivity index (χ0n) is 33.7. The standard InChI is InChI=1S/C44H70O9S/c1-5-7-9-11-13-15-17-19-21-23-29-38-31-25-27-33-40(38)50-36(3)52-43(45)35-42(54(47,48)49)44(46)53-37(4)51-41-34-28-26-32-39(41)30-24-22-20-18-16-14-12-10-8-6-2/h25-28,31-34,36-37,42H,5-24,29-30,35H2,1-4H3,(H,47,48,49). The molecule has 3 unspecified atom stereocenters. The van der Waals surface area contributed by atoms with Gasteiger partial charge in [0, 0.05) is 13.8 Å². The quantitative estimate of drug-likeness (QED) is 0.0334. The lowest BCUT2D eigenvalue weighted by molar-refractivity contribution is -0.168. The molecule has 0 saturated heterocycles. The van der Waals surface area contributed by atoms with Crippen molar-refractivity contribution in [1.82, 2.24) is 0 Å². The van der Waals surface area contributed by atoms with Crippen LogP contribution in [0.15, 0.2) is 48.5 Å². The molecule has 9 nitrogen and oxygen atoms in total. The van der Waals surface area contributed by atoms with Crippen molar-refractivity contribution in [2.75, 3.05) is 0 Å². The van der Waals surface area contributed by atoms with Crippen LogP contribution in [0.4, 0.5) is 0 Å². The Balaban J connectivity index is 1.80. The van der Waals surface area contributed by atoms with Crippen molar-refractivity contribution in [3.05, 3.63) is 59.7 Å². The molecule has 3 atom stereocenters. The number of hydrogen-bond acceptors (Lipinski definition) is 8. The summed E-state index contributed by atoms with van der Waals surface area (Å²) in [5.74, 6) is -1.26. The molecule has 0 saturated carbocycles. The fraction of sp³-hybridized carbons (Fsp3) is 0.682. The molecule has 0 heterocycles. The number of esters is 2. The Bertz CT molecular complexity index is 1410. The zero-order chi connectivity index (χ0) is 39.4. The normalized spacial score (nSPS) is 13.2. The third-order valence-corrected chi connectivity index (χ3v) is 10.8. The highest BCUT2D eigenvalue weighted by molar-refractivity contribution is 7.87. The predicted molar refractivity (Wildman–Crippen MR) is 216 cm³/mol. The Hall–Kier alpha value is -3.11. The number of benzene rings is 2. The van der Waals surface area contributed by atoms with Gasteiger partial charge in [-0.05, 0) is 48.9 Å². The van der Waals surface area contributed by atoms with E-state index >= 15 is 0 Å². The van der Waals surface area contributed by atoms with Crippen molar-refractivity contribution in [3.63, 3.8) is 0 Å². The van der Waals surface area contributed by atoms with Crippen LogP contribution >= 0.6 is 0 Å². The van der Waals surface area contributed by atoms with E-state index in [0.717, 1.165) is 49.7 Å². The third kappa shape index (κ3) is 21.1. The van der Waals surface area contributed by atoms with Crippen molar-refractivity contribution in [2.45, 2.75) is 193 Å². The number of carbonyl (C=O) groups is 2. The first-order valence-corrected chi connectivity index (χ1v) is 22.4. The lowest BCUT2D eigenvalue weighted by Crippen LogP contribution is -2.38. The van der Waals surface area contributed by atoms with Crippen LogP contribution in [0.25, 0.3) is 0 Å².